The van der Waals surface area contributed by atoms with E-state index in [1.807, 2.05) is 12.1 Å². The molecule has 5 nitrogen and oxygen atoms in total. The number of quaternary nitrogens is 1. The number of methoxy groups -OCH3 is 2. The first kappa shape index (κ1) is 18.6. The van der Waals surface area contributed by atoms with E-state index in [1.54, 1.807) is 14.2 Å². The molecule has 1 aliphatic rings. The van der Waals surface area contributed by atoms with Crippen LogP contribution in [0, 0.1) is 11.8 Å². The molecule has 5 heteroatoms. The predicted octanol–water partition coefficient (Wildman–Crippen LogP) is 1.27. The highest BCUT2D eigenvalue weighted by Gasteiger charge is 2.27. The van der Waals surface area contributed by atoms with Crippen LogP contribution in [0.2, 0.25) is 0 Å². The largest absolute Gasteiger partial charge is 0.493 e. The third kappa shape index (κ3) is 5.13. The molecule has 24 heavy (non-hydrogen) atoms. The molecule has 2 rings (SSSR count). The van der Waals surface area contributed by atoms with E-state index < -0.39 is 0 Å². The Morgan fingerprint density at radius 1 is 1.21 bits per heavy atom. The van der Waals surface area contributed by atoms with E-state index in [0.717, 1.165) is 50.5 Å². The summed E-state index contributed by atoms with van der Waals surface area (Å²) in [7, 11) is 3.31. The number of carbonyl (C=O) groups is 1. The molecular formula is C19H31N2O3+. The Labute approximate surface area is 145 Å². The summed E-state index contributed by atoms with van der Waals surface area (Å²) in [6.45, 7) is 8.05. The summed E-state index contributed by atoms with van der Waals surface area (Å²) in [5, 5.41) is 3.07. The van der Waals surface area contributed by atoms with E-state index in [0.29, 0.717) is 5.92 Å². The lowest BCUT2D eigenvalue weighted by Crippen LogP contribution is -3.11. The first-order valence-corrected chi connectivity index (χ1v) is 8.85. The number of piperidine rings is 1. The smallest absolute Gasteiger partial charge is 0.223 e. The van der Waals surface area contributed by atoms with Gasteiger partial charge < -0.3 is 19.7 Å². The van der Waals surface area contributed by atoms with Gasteiger partial charge in [-0.3, -0.25) is 4.79 Å². The number of benzene rings is 1. The lowest BCUT2D eigenvalue weighted by Gasteiger charge is -2.29. The van der Waals surface area contributed by atoms with Gasteiger partial charge in [0.2, 0.25) is 5.91 Å². The Morgan fingerprint density at radius 2 is 1.88 bits per heavy atom. The topological polar surface area (TPSA) is 52.0 Å². The average molecular weight is 335 g/mol. The number of hydrogen-bond acceptors (Lipinski definition) is 3. The summed E-state index contributed by atoms with van der Waals surface area (Å²) < 4.78 is 10.7. The van der Waals surface area contributed by atoms with E-state index in [4.69, 9.17) is 9.47 Å². The zero-order chi connectivity index (χ0) is 17.5. The van der Waals surface area contributed by atoms with Crippen molar-refractivity contribution in [1.29, 1.82) is 0 Å². The van der Waals surface area contributed by atoms with Gasteiger partial charge in [0.25, 0.3) is 0 Å². The third-order valence-corrected chi connectivity index (χ3v) is 4.65. The van der Waals surface area contributed by atoms with Crippen LogP contribution in [0.3, 0.4) is 0 Å². The van der Waals surface area contributed by atoms with Crippen molar-refractivity contribution in [3.05, 3.63) is 23.8 Å². The second kappa shape index (κ2) is 8.92. The van der Waals surface area contributed by atoms with Crippen LogP contribution in [0.4, 0.5) is 0 Å². The highest BCUT2D eigenvalue weighted by Crippen LogP contribution is 2.27. The minimum atomic E-state index is 0.179. The van der Waals surface area contributed by atoms with Crippen molar-refractivity contribution in [2.75, 3.05) is 33.9 Å². The van der Waals surface area contributed by atoms with Gasteiger partial charge in [-0.15, -0.1) is 0 Å². The van der Waals surface area contributed by atoms with Crippen LogP contribution in [-0.4, -0.2) is 39.8 Å². The highest BCUT2D eigenvalue weighted by atomic mass is 16.5. The van der Waals surface area contributed by atoms with E-state index in [2.05, 4.69) is 25.2 Å². The minimum absolute atomic E-state index is 0.179. The van der Waals surface area contributed by atoms with Crippen LogP contribution >= 0.6 is 0 Å². The molecule has 0 bridgehead atoms. The van der Waals surface area contributed by atoms with Crippen LogP contribution in [0.5, 0.6) is 11.5 Å². The van der Waals surface area contributed by atoms with Crippen molar-refractivity contribution in [3.63, 3.8) is 0 Å². The van der Waals surface area contributed by atoms with Crippen LogP contribution in [0.15, 0.2) is 18.2 Å². The van der Waals surface area contributed by atoms with Gasteiger partial charge in [0, 0.05) is 30.9 Å². The Bertz CT molecular complexity index is 537. The van der Waals surface area contributed by atoms with E-state index in [-0.39, 0.29) is 11.8 Å². The number of amides is 1. The Hall–Kier alpha value is -1.75. The van der Waals surface area contributed by atoms with Crippen molar-refractivity contribution in [3.8, 4) is 11.5 Å². The molecular weight excluding hydrogens is 304 g/mol. The first-order chi connectivity index (χ1) is 11.5. The third-order valence-electron chi connectivity index (χ3n) is 4.65. The fourth-order valence-corrected chi connectivity index (χ4v) is 3.19. The van der Waals surface area contributed by atoms with Crippen molar-refractivity contribution < 1.29 is 19.2 Å². The molecule has 0 unspecified atom stereocenters. The summed E-state index contributed by atoms with van der Waals surface area (Å²) in [5.74, 6) is 2.45. The maximum atomic E-state index is 12.2. The SMILES string of the molecule is COc1ccc(C[NH+]2CCC(C(=O)NCC(C)C)CC2)cc1OC. The summed E-state index contributed by atoms with van der Waals surface area (Å²) in [4.78, 5) is 13.7. The van der Waals surface area contributed by atoms with Gasteiger partial charge in [0.15, 0.2) is 11.5 Å². The predicted molar refractivity (Wildman–Crippen MR) is 94.5 cm³/mol. The van der Waals surface area contributed by atoms with Crippen molar-refractivity contribution >= 4 is 5.91 Å². The van der Waals surface area contributed by atoms with Crippen molar-refractivity contribution in [1.82, 2.24) is 5.32 Å². The number of rotatable bonds is 7. The lowest BCUT2D eigenvalue weighted by atomic mass is 9.95. The second-order valence-electron chi connectivity index (χ2n) is 7.03. The van der Waals surface area contributed by atoms with E-state index >= 15 is 0 Å². The van der Waals surface area contributed by atoms with Gasteiger partial charge in [-0.1, -0.05) is 13.8 Å². The van der Waals surface area contributed by atoms with E-state index in [9.17, 15) is 4.79 Å². The number of likely N-dealkylation sites (tertiary alicyclic amines) is 1. The number of hydrogen-bond donors (Lipinski definition) is 2. The molecule has 134 valence electrons. The molecule has 0 radical (unpaired) electrons. The normalized spacial score (nSPS) is 20.7. The zero-order valence-electron chi connectivity index (χ0n) is 15.4. The highest BCUT2D eigenvalue weighted by molar-refractivity contribution is 5.78. The molecule has 0 saturated carbocycles. The molecule has 1 heterocycles. The van der Waals surface area contributed by atoms with Crippen LogP contribution in [-0.2, 0) is 11.3 Å². The fraction of sp³-hybridized carbons (Fsp3) is 0.632. The monoisotopic (exact) mass is 335 g/mol. The quantitative estimate of drug-likeness (QED) is 0.789. The van der Waals surface area contributed by atoms with Gasteiger partial charge in [-0.05, 0) is 24.1 Å². The summed E-state index contributed by atoms with van der Waals surface area (Å²) in [6, 6.07) is 6.10. The van der Waals surface area contributed by atoms with E-state index in [1.165, 1.54) is 10.5 Å². The Kier molecular flexibility index (Phi) is 6.91. The maximum Gasteiger partial charge on any atom is 0.223 e. The molecule has 1 saturated heterocycles. The molecule has 2 N–H and O–H groups in total. The van der Waals surface area contributed by atoms with Crippen molar-refractivity contribution in [2.45, 2.75) is 33.2 Å². The van der Waals surface area contributed by atoms with Gasteiger partial charge in [-0.2, -0.15) is 0 Å². The Balaban J connectivity index is 1.83. The zero-order valence-corrected chi connectivity index (χ0v) is 15.4. The maximum absolute atomic E-state index is 12.2. The number of ether oxygens (including phenoxy) is 2. The summed E-state index contributed by atoms with van der Waals surface area (Å²) in [5.41, 5.74) is 1.24. The standard InChI is InChI=1S/C19H30N2O3/c1-14(2)12-20-19(22)16-7-9-21(10-8-16)13-15-5-6-17(23-3)18(11-15)24-4/h5-6,11,14,16H,7-10,12-13H2,1-4H3,(H,20,22)/p+1. The van der Waals surface area contributed by atoms with Crippen LogP contribution in [0.1, 0.15) is 32.3 Å². The lowest BCUT2D eigenvalue weighted by molar-refractivity contribution is -0.919. The van der Waals surface area contributed by atoms with Crippen LogP contribution < -0.4 is 19.7 Å². The molecule has 1 amide bonds. The summed E-state index contributed by atoms with van der Waals surface area (Å²) in [6.07, 6.45) is 1.93. The fourth-order valence-electron chi connectivity index (χ4n) is 3.19. The Morgan fingerprint density at radius 3 is 2.46 bits per heavy atom. The molecule has 1 aromatic rings. The van der Waals surface area contributed by atoms with Gasteiger partial charge in [0.05, 0.1) is 27.3 Å². The second-order valence-corrected chi connectivity index (χ2v) is 7.03. The van der Waals surface area contributed by atoms with Gasteiger partial charge in [-0.25, -0.2) is 0 Å². The molecule has 1 aliphatic heterocycles. The molecule has 0 atom stereocenters. The number of carbonyl (C=O) groups excluding carboxylic acids is 1. The average Bonchev–Trinajstić information content (AvgIpc) is 2.60. The molecule has 0 aliphatic carbocycles. The van der Waals surface area contributed by atoms with Crippen molar-refractivity contribution in [2.24, 2.45) is 11.8 Å². The molecule has 1 aromatic carbocycles. The van der Waals surface area contributed by atoms with Gasteiger partial charge >= 0.3 is 0 Å². The van der Waals surface area contributed by atoms with Crippen LogP contribution in [0.25, 0.3) is 0 Å². The summed E-state index contributed by atoms with van der Waals surface area (Å²) >= 11 is 0. The molecule has 1 fully saturated rings. The van der Waals surface area contributed by atoms with Gasteiger partial charge in [0.1, 0.15) is 6.54 Å². The molecule has 0 aromatic heterocycles. The molecule has 0 spiro atoms. The number of nitrogens with one attached hydrogen (secondary N) is 2. The first-order valence-electron chi connectivity index (χ1n) is 8.85. The minimum Gasteiger partial charge on any atom is -0.493 e.